The topological polar surface area (TPSA) is 126 Å². The van der Waals surface area contributed by atoms with Gasteiger partial charge in [0.05, 0.1) is 22.1 Å². The van der Waals surface area contributed by atoms with Crippen LogP contribution in [0.1, 0.15) is 29.2 Å². The summed E-state index contributed by atoms with van der Waals surface area (Å²) < 4.78 is 0. The van der Waals surface area contributed by atoms with Gasteiger partial charge in [0.15, 0.2) is 0 Å². The van der Waals surface area contributed by atoms with E-state index in [1.807, 2.05) is 57.2 Å². The number of carboxylic acids is 1. The van der Waals surface area contributed by atoms with E-state index in [0.717, 1.165) is 45.6 Å². The van der Waals surface area contributed by atoms with Crippen molar-refractivity contribution in [1.82, 2.24) is 0 Å². The molecule has 0 aliphatic rings. The van der Waals surface area contributed by atoms with Gasteiger partial charge in [-0.2, -0.15) is 0 Å². The first-order valence-corrected chi connectivity index (χ1v) is 14.1. The van der Waals surface area contributed by atoms with Crippen molar-refractivity contribution in [1.29, 1.82) is 0 Å². The maximum absolute atomic E-state index is 11.6. The van der Waals surface area contributed by atoms with Gasteiger partial charge in [-0.1, -0.05) is 36.4 Å². The van der Waals surface area contributed by atoms with Crippen LogP contribution in [-0.2, 0) is 11.0 Å². The molecule has 0 aromatic heterocycles. The highest BCUT2D eigenvalue weighted by molar-refractivity contribution is 7.95. The second-order valence-corrected chi connectivity index (χ2v) is 12.8. The number of nitro benzene ring substituents is 2. The lowest BCUT2D eigenvalue weighted by Crippen LogP contribution is -2.33. The van der Waals surface area contributed by atoms with Crippen LogP contribution >= 0.6 is 7.26 Å². The van der Waals surface area contributed by atoms with E-state index >= 15 is 0 Å². The summed E-state index contributed by atoms with van der Waals surface area (Å²) in [6.07, 6.45) is 0.423. The van der Waals surface area contributed by atoms with Crippen LogP contribution in [0.3, 0.4) is 0 Å². The molecule has 0 heterocycles. The molecule has 39 heavy (non-hydrogen) atoms. The number of carbonyl (C=O) groups excluding carboxylic acids is 1. The second-order valence-electron chi connectivity index (χ2n) is 9.35. The number of hydrogen-bond donors (Lipinski definition) is 0. The summed E-state index contributed by atoms with van der Waals surface area (Å²) in [7, 11) is -2.40. The highest BCUT2D eigenvalue weighted by atomic mass is 31.2. The first-order valence-electron chi connectivity index (χ1n) is 12.1. The minimum Gasteiger partial charge on any atom is -0.550 e. The average molecular weight is 545 g/mol. The SMILES string of the molecule is CC(=O)[O-].Cc1cccc([P+](Cc2cc([N+](=O)[O-])cc([N+](=O)[O-])c2)(c2cccc(C)c2)c2cccc(C)c2)c1. The van der Waals surface area contributed by atoms with Gasteiger partial charge in [-0.25, -0.2) is 0 Å². The second kappa shape index (κ2) is 12.4. The van der Waals surface area contributed by atoms with Gasteiger partial charge in [0.1, 0.15) is 23.2 Å². The van der Waals surface area contributed by atoms with Crippen molar-refractivity contribution in [2.75, 3.05) is 0 Å². The van der Waals surface area contributed by atoms with E-state index in [1.165, 1.54) is 12.1 Å². The molecular formula is C30H29N2O6P. The summed E-state index contributed by atoms with van der Waals surface area (Å²) in [5.41, 5.74) is 3.35. The lowest BCUT2D eigenvalue weighted by Gasteiger charge is -2.28. The Kier molecular flexibility index (Phi) is 9.28. The van der Waals surface area contributed by atoms with Crippen LogP contribution in [0, 0.1) is 41.0 Å². The van der Waals surface area contributed by atoms with Gasteiger partial charge in [-0.3, -0.25) is 20.2 Å². The number of carbonyl (C=O) groups is 1. The third-order valence-corrected chi connectivity index (χ3v) is 10.4. The Bertz CT molecular complexity index is 1390. The standard InChI is InChI=1S/C28H26N2O4P.C2H4O2/c1-20-7-4-10-26(13-20)35(27-11-5-8-21(2)14-27,28-12-6-9-22(3)15-28)19-23-16-24(29(31)32)18-25(17-23)30(33)34;1-2(3)4/h4-18H,19H2,1-3H3;1H3,(H,3,4)/q+1;/p-1. The molecule has 4 aromatic rings. The maximum Gasteiger partial charge on any atom is 0.276 e. The van der Waals surface area contributed by atoms with E-state index in [1.54, 1.807) is 0 Å². The summed E-state index contributed by atoms with van der Waals surface area (Å²) in [6, 6.07) is 29.0. The number of carboxylic acid groups (broad SMARTS) is 1. The Morgan fingerprint density at radius 2 is 1.00 bits per heavy atom. The third kappa shape index (κ3) is 7.12. The Hall–Kier alpha value is -4.42. The minimum absolute atomic E-state index is 0.273. The molecule has 0 spiro atoms. The van der Waals surface area contributed by atoms with Crippen molar-refractivity contribution in [2.24, 2.45) is 0 Å². The molecule has 0 aliphatic heterocycles. The number of rotatable bonds is 7. The molecule has 0 radical (unpaired) electrons. The van der Waals surface area contributed by atoms with Crippen molar-refractivity contribution < 1.29 is 19.7 Å². The molecule has 0 saturated heterocycles. The maximum atomic E-state index is 11.6. The minimum atomic E-state index is -2.40. The van der Waals surface area contributed by atoms with Crippen molar-refractivity contribution in [3.05, 3.63) is 133 Å². The summed E-state index contributed by atoms with van der Waals surface area (Å²) in [4.78, 5) is 31.0. The normalized spacial score (nSPS) is 10.8. The van der Waals surface area contributed by atoms with Crippen molar-refractivity contribution >= 4 is 40.5 Å². The predicted molar refractivity (Wildman–Crippen MR) is 153 cm³/mol. The zero-order chi connectivity index (χ0) is 28.7. The number of aryl methyl sites for hydroxylation is 3. The van der Waals surface area contributed by atoms with Gasteiger partial charge in [0.25, 0.3) is 11.4 Å². The Morgan fingerprint density at radius 1 is 0.667 bits per heavy atom. The molecule has 0 aliphatic carbocycles. The van der Waals surface area contributed by atoms with Gasteiger partial charge < -0.3 is 9.90 Å². The summed E-state index contributed by atoms with van der Waals surface area (Å²) in [5.74, 6) is -1.08. The molecule has 9 heteroatoms. The van der Waals surface area contributed by atoms with Gasteiger partial charge in [0, 0.05) is 23.7 Å². The van der Waals surface area contributed by atoms with E-state index < -0.39 is 23.1 Å². The Balaban J connectivity index is 0.000000983. The van der Waals surface area contributed by atoms with E-state index in [0.29, 0.717) is 11.7 Å². The number of benzene rings is 4. The van der Waals surface area contributed by atoms with E-state index in [4.69, 9.17) is 9.90 Å². The Labute approximate surface area is 227 Å². The third-order valence-electron chi connectivity index (χ3n) is 6.13. The molecule has 0 fully saturated rings. The average Bonchev–Trinajstić information content (AvgIpc) is 2.86. The lowest BCUT2D eigenvalue weighted by atomic mass is 10.2. The summed E-state index contributed by atoms with van der Waals surface area (Å²) in [6.45, 7) is 7.11. The van der Waals surface area contributed by atoms with E-state index in [2.05, 4.69) is 36.4 Å². The predicted octanol–water partition coefficient (Wildman–Crippen LogP) is 4.68. The molecule has 0 unspecified atom stereocenters. The molecule has 0 atom stereocenters. The first-order chi connectivity index (χ1) is 18.4. The highest BCUT2D eigenvalue weighted by Gasteiger charge is 2.46. The van der Waals surface area contributed by atoms with Gasteiger partial charge in [0.2, 0.25) is 0 Å². The monoisotopic (exact) mass is 544 g/mol. The van der Waals surface area contributed by atoms with Crippen LogP contribution in [0.15, 0.2) is 91.0 Å². The number of nitro groups is 2. The van der Waals surface area contributed by atoms with E-state index in [9.17, 15) is 20.2 Å². The van der Waals surface area contributed by atoms with Crippen molar-refractivity contribution in [3.63, 3.8) is 0 Å². The highest BCUT2D eigenvalue weighted by Crippen LogP contribution is 2.58. The first kappa shape index (κ1) is 29.1. The van der Waals surface area contributed by atoms with E-state index in [-0.39, 0.29) is 11.4 Å². The quantitative estimate of drug-likeness (QED) is 0.189. The Morgan fingerprint density at radius 3 is 1.28 bits per heavy atom. The fourth-order valence-corrected chi connectivity index (χ4v) is 9.02. The fourth-order valence-electron chi connectivity index (χ4n) is 4.55. The zero-order valence-corrected chi connectivity index (χ0v) is 23.1. The van der Waals surface area contributed by atoms with Crippen molar-refractivity contribution in [2.45, 2.75) is 33.9 Å². The van der Waals surface area contributed by atoms with Gasteiger partial charge >= 0.3 is 0 Å². The molecule has 8 nitrogen and oxygen atoms in total. The van der Waals surface area contributed by atoms with Crippen LogP contribution < -0.4 is 21.0 Å². The fraction of sp³-hybridized carbons (Fsp3) is 0.167. The van der Waals surface area contributed by atoms with Gasteiger partial charge in [-0.15, -0.1) is 0 Å². The molecular weight excluding hydrogens is 515 g/mol. The zero-order valence-electron chi connectivity index (χ0n) is 22.2. The van der Waals surface area contributed by atoms with Gasteiger partial charge in [-0.05, 0) is 80.8 Å². The summed E-state index contributed by atoms with van der Waals surface area (Å²) >= 11 is 0. The molecule has 4 rings (SSSR count). The lowest BCUT2D eigenvalue weighted by molar-refractivity contribution is -0.394. The number of hydrogen-bond acceptors (Lipinski definition) is 6. The molecule has 4 aromatic carbocycles. The van der Waals surface area contributed by atoms with Crippen LogP contribution in [0.5, 0.6) is 0 Å². The van der Waals surface area contributed by atoms with Crippen molar-refractivity contribution in [3.8, 4) is 0 Å². The number of non-ortho nitro benzene ring substituents is 2. The molecule has 0 amide bonds. The van der Waals surface area contributed by atoms with Crippen LogP contribution in [-0.4, -0.2) is 15.8 Å². The van der Waals surface area contributed by atoms with Crippen LogP contribution in [0.2, 0.25) is 0 Å². The molecule has 0 bridgehead atoms. The molecule has 200 valence electrons. The van der Waals surface area contributed by atoms with Crippen LogP contribution in [0.25, 0.3) is 0 Å². The number of aliphatic carboxylic acids is 1. The molecule has 0 N–H and O–H groups in total. The molecule has 0 saturated carbocycles. The number of nitrogens with zero attached hydrogens (tertiary/aromatic N) is 2. The smallest absolute Gasteiger partial charge is 0.276 e. The summed E-state index contributed by atoms with van der Waals surface area (Å²) in [5, 5.41) is 35.5. The van der Waals surface area contributed by atoms with Crippen LogP contribution in [0.4, 0.5) is 11.4 Å². The largest absolute Gasteiger partial charge is 0.550 e.